The van der Waals surface area contributed by atoms with E-state index < -0.39 is 0 Å². The van der Waals surface area contributed by atoms with Gasteiger partial charge in [-0.3, -0.25) is 0 Å². The molecule has 0 amide bonds. The maximum Gasteiger partial charge on any atom is 0.150 e. The number of aromatic nitrogens is 1. The summed E-state index contributed by atoms with van der Waals surface area (Å²) < 4.78 is 7.70. The predicted octanol–water partition coefficient (Wildman–Crippen LogP) is 3.94. The molecule has 3 aromatic rings. The quantitative estimate of drug-likeness (QED) is 0.702. The van der Waals surface area contributed by atoms with Crippen molar-refractivity contribution in [3.05, 3.63) is 60.0 Å². The van der Waals surface area contributed by atoms with Crippen molar-refractivity contribution in [1.82, 2.24) is 4.57 Å². The summed E-state index contributed by atoms with van der Waals surface area (Å²) in [6, 6.07) is 14.0. The molecule has 0 saturated carbocycles. The number of anilines is 1. The van der Waals surface area contributed by atoms with Crippen molar-refractivity contribution < 1.29 is 4.42 Å². The maximum atomic E-state index is 5.82. The summed E-state index contributed by atoms with van der Waals surface area (Å²) in [6.45, 7) is 4.15. The fourth-order valence-electron chi connectivity index (χ4n) is 2.40. The van der Waals surface area contributed by atoms with Crippen molar-refractivity contribution in [3.8, 4) is 17.1 Å². The van der Waals surface area contributed by atoms with Crippen LogP contribution in [0.2, 0.25) is 0 Å². The van der Waals surface area contributed by atoms with Gasteiger partial charge in [0.2, 0.25) is 0 Å². The molecule has 0 aliphatic heterocycles. The van der Waals surface area contributed by atoms with Gasteiger partial charge in [-0.25, -0.2) is 0 Å². The van der Waals surface area contributed by atoms with Crippen molar-refractivity contribution in [3.63, 3.8) is 0 Å². The van der Waals surface area contributed by atoms with Crippen LogP contribution >= 0.6 is 0 Å². The molecular weight excluding hydrogens is 236 g/mol. The highest BCUT2D eigenvalue weighted by Crippen LogP contribution is 2.28. The minimum absolute atomic E-state index is 0.783. The van der Waals surface area contributed by atoms with Gasteiger partial charge in [-0.1, -0.05) is 0 Å². The molecule has 2 heterocycles. The molecule has 0 bridgehead atoms. The highest BCUT2D eigenvalue weighted by Gasteiger charge is 2.12. The number of nitrogens with zero attached hydrogens (tertiary/aromatic N) is 1. The molecule has 0 atom stereocenters. The number of aryl methyl sites for hydroxylation is 2. The molecule has 0 fully saturated rings. The van der Waals surface area contributed by atoms with Crippen LogP contribution in [0.15, 0.2) is 53.1 Å². The molecule has 19 heavy (non-hydrogen) atoms. The van der Waals surface area contributed by atoms with Gasteiger partial charge in [-0.15, -0.1) is 0 Å². The summed E-state index contributed by atoms with van der Waals surface area (Å²) in [5, 5.41) is 0. The van der Waals surface area contributed by atoms with Gasteiger partial charge in [0.15, 0.2) is 5.76 Å². The lowest BCUT2D eigenvalue weighted by Crippen LogP contribution is -2.01. The van der Waals surface area contributed by atoms with Crippen LogP contribution in [0.5, 0.6) is 0 Å². The SMILES string of the molecule is Cc1cc(N)ccc1-n1c(C)ccc1-c1ccco1. The first-order chi connectivity index (χ1) is 9.16. The van der Waals surface area contributed by atoms with Gasteiger partial charge in [0.25, 0.3) is 0 Å². The van der Waals surface area contributed by atoms with Crippen LogP contribution in [0.1, 0.15) is 11.3 Å². The number of hydrogen-bond donors (Lipinski definition) is 1. The lowest BCUT2D eigenvalue weighted by atomic mass is 10.1. The first-order valence-electron chi connectivity index (χ1n) is 6.25. The largest absolute Gasteiger partial charge is 0.463 e. The van der Waals surface area contributed by atoms with E-state index in [4.69, 9.17) is 10.2 Å². The van der Waals surface area contributed by atoms with Crippen molar-refractivity contribution in [2.45, 2.75) is 13.8 Å². The summed E-state index contributed by atoms with van der Waals surface area (Å²) in [5.74, 6) is 0.865. The van der Waals surface area contributed by atoms with Gasteiger partial charge >= 0.3 is 0 Å². The number of hydrogen-bond acceptors (Lipinski definition) is 2. The summed E-state index contributed by atoms with van der Waals surface area (Å²) in [6.07, 6.45) is 1.69. The third kappa shape index (κ3) is 1.93. The minimum atomic E-state index is 0.783. The molecule has 0 aliphatic rings. The smallest absolute Gasteiger partial charge is 0.150 e. The van der Waals surface area contributed by atoms with Crippen molar-refractivity contribution in [2.24, 2.45) is 0 Å². The molecule has 0 radical (unpaired) electrons. The molecule has 2 N–H and O–H groups in total. The number of rotatable bonds is 2. The Morgan fingerprint density at radius 2 is 1.89 bits per heavy atom. The van der Waals surface area contributed by atoms with Gasteiger partial charge < -0.3 is 14.7 Å². The summed E-state index contributed by atoms with van der Waals surface area (Å²) >= 11 is 0. The lowest BCUT2D eigenvalue weighted by molar-refractivity contribution is 0.578. The second kappa shape index (κ2) is 4.35. The fourth-order valence-corrected chi connectivity index (χ4v) is 2.40. The van der Waals surface area contributed by atoms with E-state index in [1.807, 2.05) is 30.3 Å². The normalized spacial score (nSPS) is 10.8. The molecule has 3 heteroatoms. The number of nitrogen functional groups attached to an aromatic ring is 1. The predicted molar refractivity (Wildman–Crippen MR) is 77.4 cm³/mol. The molecule has 1 aromatic carbocycles. The fraction of sp³-hybridized carbons (Fsp3) is 0.125. The summed E-state index contributed by atoms with van der Waals surface area (Å²) in [4.78, 5) is 0. The molecule has 0 aliphatic carbocycles. The van der Waals surface area contributed by atoms with Crippen LogP contribution in [-0.4, -0.2) is 4.57 Å². The van der Waals surface area contributed by atoms with E-state index in [0.717, 1.165) is 28.4 Å². The first kappa shape index (κ1) is 11.7. The van der Waals surface area contributed by atoms with Crippen LogP contribution in [-0.2, 0) is 0 Å². The van der Waals surface area contributed by atoms with Gasteiger partial charge in [-0.05, 0) is 61.9 Å². The number of nitrogens with two attached hydrogens (primary N) is 1. The van der Waals surface area contributed by atoms with E-state index in [9.17, 15) is 0 Å². The highest BCUT2D eigenvalue weighted by molar-refractivity contribution is 5.62. The Morgan fingerprint density at radius 3 is 2.58 bits per heavy atom. The third-order valence-electron chi connectivity index (χ3n) is 3.31. The Bertz CT molecular complexity index is 708. The Kier molecular flexibility index (Phi) is 2.67. The van der Waals surface area contributed by atoms with Crippen LogP contribution in [0.3, 0.4) is 0 Å². The number of benzene rings is 1. The van der Waals surface area contributed by atoms with Crippen LogP contribution in [0.25, 0.3) is 17.1 Å². The van der Waals surface area contributed by atoms with Crippen LogP contribution in [0.4, 0.5) is 5.69 Å². The van der Waals surface area contributed by atoms with E-state index in [-0.39, 0.29) is 0 Å². The number of furan rings is 1. The van der Waals surface area contributed by atoms with Crippen LogP contribution < -0.4 is 5.73 Å². The Labute approximate surface area is 112 Å². The van der Waals surface area contributed by atoms with Gasteiger partial charge in [0.1, 0.15) is 0 Å². The molecule has 3 rings (SSSR count). The lowest BCUT2D eigenvalue weighted by Gasteiger charge is -2.13. The molecule has 0 saturated heterocycles. The van der Waals surface area contributed by atoms with Crippen molar-refractivity contribution in [2.75, 3.05) is 5.73 Å². The van der Waals surface area contributed by atoms with E-state index in [1.165, 1.54) is 5.69 Å². The second-order valence-electron chi connectivity index (χ2n) is 4.72. The average molecular weight is 252 g/mol. The zero-order valence-corrected chi connectivity index (χ0v) is 11.1. The van der Waals surface area contributed by atoms with E-state index in [1.54, 1.807) is 6.26 Å². The monoisotopic (exact) mass is 252 g/mol. The van der Waals surface area contributed by atoms with E-state index in [2.05, 4.69) is 30.5 Å². The molecule has 96 valence electrons. The Hall–Kier alpha value is -2.42. The van der Waals surface area contributed by atoms with Gasteiger partial charge in [-0.2, -0.15) is 0 Å². The van der Waals surface area contributed by atoms with Crippen molar-refractivity contribution >= 4 is 5.69 Å². The van der Waals surface area contributed by atoms with E-state index in [0.29, 0.717) is 0 Å². The zero-order valence-electron chi connectivity index (χ0n) is 11.1. The molecular formula is C16H16N2O. The average Bonchev–Trinajstić information content (AvgIpc) is 2.99. The zero-order chi connectivity index (χ0) is 13.4. The molecule has 0 unspecified atom stereocenters. The topological polar surface area (TPSA) is 44.1 Å². The van der Waals surface area contributed by atoms with E-state index >= 15 is 0 Å². The molecule has 0 spiro atoms. The minimum Gasteiger partial charge on any atom is -0.463 e. The van der Waals surface area contributed by atoms with Crippen molar-refractivity contribution in [1.29, 1.82) is 0 Å². The van der Waals surface area contributed by atoms with Crippen LogP contribution in [0, 0.1) is 13.8 Å². The summed E-state index contributed by atoms with van der Waals surface area (Å²) in [5.41, 5.74) is 11.1. The Morgan fingerprint density at radius 1 is 1.05 bits per heavy atom. The standard InChI is InChI=1S/C16H16N2O/c1-11-10-13(17)6-8-14(11)18-12(2)5-7-15(18)16-4-3-9-19-16/h3-10H,17H2,1-2H3. The highest BCUT2D eigenvalue weighted by atomic mass is 16.3. The molecule has 2 aromatic heterocycles. The molecule has 3 nitrogen and oxygen atoms in total. The maximum absolute atomic E-state index is 5.82. The van der Waals surface area contributed by atoms with Gasteiger partial charge in [0, 0.05) is 17.1 Å². The third-order valence-corrected chi connectivity index (χ3v) is 3.31. The van der Waals surface area contributed by atoms with Gasteiger partial charge in [0.05, 0.1) is 12.0 Å². The second-order valence-corrected chi connectivity index (χ2v) is 4.72. The first-order valence-corrected chi connectivity index (χ1v) is 6.25. The Balaban J connectivity index is 2.22. The summed E-state index contributed by atoms with van der Waals surface area (Å²) in [7, 11) is 0.